The normalized spacial score (nSPS) is 17.9. The number of fused-ring (bicyclic) bond motifs is 1. The molecule has 0 amide bonds. The fourth-order valence-electron chi connectivity index (χ4n) is 3.23. The summed E-state index contributed by atoms with van der Waals surface area (Å²) in [6.45, 7) is 0. The van der Waals surface area contributed by atoms with Gasteiger partial charge in [-0.2, -0.15) is 31.3 Å². The summed E-state index contributed by atoms with van der Waals surface area (Å²) in [6, 6.07) is 1.34. The Morgan fingerprint density at radius 2 is 1.59 bits per heavy atom. The van der Waals surface area contributed by atoms with Crippen molar-refractivity contribution in [3.8, 4) is 0 Å². The van der Waals surface area contributed by atoms with Gasteiger partial charge in [-0.15, -0.1) is 0 Å². The zero-order chi connectivity index (χ0) is 21.6. The van der Waals surface area contributed by atoms with E-state index in [1.54, 1.807) is 0 Å². The van der Waals surface area contributed by atoms with Gasteiger partial charge in [0.25, 0.3) is 0 Å². The maximum atomic E-state index is 13.0. The van der Waals surface area contributed by atoms with Crippen LogP contribution in [0.4, 0.5) is 38.1 Å². The second-order valence-electron chi connectivity index (χ2n) is 6.70. The Kier molecular flexibility index (Phi) is 5.42. The lowest BCUT2D eigenvalue weighted by atomic mass is 9.86. The molecule has 1 aromatic carbocycles. The molecule has 29 heavy (non-hydrogen) atoms. The molecule has 11 heteroatoms. The van der Waals surface area contributed by atoms with Crippen LogP contribution >= 0.6 is 11.6 Å². The molecule has 1 aliphatic carbocycles. The number of nitrogen functional groups attached to an aromatic ring is 2. The van der Waals surface area contributed by atoms with Gasteiger partial charge in [0, 0.05) is 10.6 Å². The zero-order valence-corrected chi connectivity index (χ0v) is 15.5. The number of nitrogens with two attached hydrogens (primary N) is 2. The van der Waals surface area contributed by atoms with E-state index in [4.69, 9.17) is 23.1 Å². The first-order valence-electron chi connectivity index (χ1n) is 8.42. The van der Waals surface area contributed by atoms with Crippen molar-refractivity contribution in [3.63, 3.8) is 0 Å². The highest BCUT2D eigenvalue weighted by Crippen LogP contribution is 2.38. The summed E-state index contributed by atoms with van der Waals surface area (Å²) in [5, 5.41) is 0.124. The van der Waals surface area contributed by atoms with Gasteiger partial charge in [0.15, 0.2) is 0 Å². The molecule has 1 heterocycles. The van der Waals surface area contributed by atoms with Crippen LogP contribution in [-0.4, -0.2) is 9.97 Å². The van der Waals surface area contributed by atoms with Crippen LogP contribution in [0.25, 0.3) is 6.08 Å². The molecule has 0 spiro atoms. The number of nitrogens with zero attached hydrogens (tertiary/aromatic N) is 2. The van der Waals surface area contributed by atoms with E-state index in [9.17, 15) is 26.3 Å². The number of aromatic nitrogens is 2. The maximum absolute atomic E-state index is 13.0. The number of hydrogen-bond donors (Lipinski definition) is 2. The van der Waals surface area contributed by atoms with E-state index in [0.29, 0.717) is 42.7 Å². The Labute approximate surface area is 166 Å². The SMILES string of the molecule is Nc1nc(N)c2c(n1)CCC(C(Cl)=Cc1cc(C(F)(F)F)cc(C(F)(F)F)c1)C2. The van der Waals surface area contributed by atoms with Crippen LogP contribution < -0.4 is 11.5 Å². The highest BCUT2D eigenvalue weighted by atomic mass is 35.5. The number of hydrogen-bond acceptors (Lipinski definition) is 4. The fraction of sp³-hybridized carbons (Fsp3) is 0.333. The van der Waals surface area contributed by atoms with E-state index >= 15 is 0 Å². The number of rotatable bonds is 2. The molecule has 0 saturated heterocycles. The Bertz CT molecular complexity index is 936. The monoisotopic (exact) mass is 436 g/mol. The number of benzene rings is 1. The van der Waals surface area contributed by atoms with E-state index in [-0.39, 0.29) is 34.3 Å². The summed E-state index contributed by atoms with van der Waals surface area (Å²) >= 11 is 6.27. The molecule has 4 nitrogen and oxygen atoms in total. The van der Waals surface area contributed by atoms with Gasteiger partial charge in [-0.05, 0) is 55.0 Å². The number of alkyl halides is 6. The van der Waals surface area contributed by atoms with Gasteiger partial charge in [0.1, 0.15) is 5.82 Å². The van der Waals surface area contributed by atoms with Gasteiger partial charge in [-0.3, -0.25) is 0 Å². The average Bonchev–Trinajstić information content (AvgIpc) is 2.59. The van der Waals surface area contributed by atoms with E-state index in [1.165, 1.54) is 0 Å². The van der Waals surface area contributed by atoms with E-state index < -0.39 is 23.5 Å². The van der Waals surface area contributed by atoms with Gasteiger partial charge in [-0.1, -0.05) is 11.6 Å². The smallest absolute Gasteiger partial charge is 0.383 e. The molecule has 0 aliphatic heterocycles. The Morgan fingerprint density at radius 3 is 2.14 bits per heavy atom. The number of halogens is 7. The van der Waals surface area contributed by atoms with Gasteiger partial charge in [-0.25, -0.2) is 4.98 Å². The first kappa shape index (κ1) is 21.2. The summed E-state index contributed by atoms with van der Waals surface area (Å²) in [6.07, 6.45) is -7.48. The molecule has 1 aromatic heterocycles. The van der Waals surface area contributed by atoms with Crippen molar-refractivity contribution in [1.29, 1.82) is 0 Å². The molecule has 1 atom stereocenters. The van der Waals surface area contributed by atoms with Crippen molar-refractivity contribution in [2.24, 2.45) is 5.92 Å². The van der Waals surface area contributed by atoms with Gasteiger partial charge < -0.3 is 11.5 Å². The van der Waals surface area contributed by atoms with Crippen molar-refractivity contribution in [3.05, 3.63) is 51.2 Å². The van der Waals surface area contributed by atoms with Crippen LogP contribution in [0.5, 0.6) is 0 Å². The highest BCUT2D eigenvalue weighted by Gasteiger charge is 2.37. The van der Waals surface area contributed by atoms with Crippen LogP contribution in [0.1, 0.15) is 34.4 Å². The molecule has 3 rings (SSSR count). The first-order chi connectivity index (χ1) is 13.3. The third kappa shape index (κ3) is 4.75. The molecule has 0 fully saturated rings. The third-order valence-corrected chi connectivity index (χ3v) is 5.04. The van der Waals surface area contributed by atoms with Crippen molar-refractivity contribution >= 4 is 29.4 Å². The summed E-state index contributed by atoms with van der Waals surface area (Å²) in [4.78, 5) is 7.98. The number of aryl methyl sites for hydroxylation is 1. The minimum Gasteiger partial charge on any atom is -0.383 e. The van der Waals surface area contributed by atoms with Crippen molar-refractivity contribution < 1.29 is 26.3 Å². The predicted octanol–water partition coefficient (Wildman–Crippen LogP) is 5.06. The molecule has 0 saturated carbocycles. The minimum absolute atomic E-state index is 0.0324. The lowest BCUT2D eigenvalue weighted by Gasteiger charge is -2.24. The summed E-state index contributed by atoms with van der Waals surface area (Å²) in [5.74, 6) is -0.132. The van der Waals surface area contributed by atoms with E-state index in [1.807, 2.05) is 0 Å². The van der Waals surface area contributed by atoms with Crippen LogP contribution in [0, 0.1) is 5.92 Å². The largest absolute Gasteiger partial charge is 0.416 e. The fourth-order valence-corrected chi connectivity index (χ4v) is 3.55. The number of anilines is 2. The van der Waals surface area contributed by atoms with Gasteiger partial charge in [0.05, 0.1) is 16.8 Å². The standard InChI is InChI=1S/C18H15ClF6N4/c19-13(9-1-2-14-12(6-9)15(26)29-16(27)28-14)5-8-3-10(17(20,21)22)7-11(4-8)18(23,24)25/h3-5,7,9H,1-2,6H2,(H4,26,27,28,29). The summed E-state index contributed by atoms with van der Waals surface area (Å²) in [5.41, 5.74) is 9.61. The van der Waals surface area contributed by atoms with Gasteiger partial charge >= 0.3 is 12.4 Å². The lowest BCUT2D eigenvalue weighted by Crippen LogP contribution is -2.19. The van der Waals surface area contributed by atoms with Crippen LogP contribution in [0.3, 0.4) is 0 Å². The summed E-state index contributed by atoms with van der Waals surface area (Å²) < 4.78 is 78.1. The molecule has 1 unspecified atom stereocenters. The minimum atomic E-state index is -4.92. The molecule has 0 radical (unpaired) electrons. The maximum Gasteiger partial charge on any atom is 0.416 e. The predicted molar refractivity (Wildman–Crippen MR) is 96.6 cm³/mol. The molecule has 156 valence electrons. The molecule has 2 aromatic rings. The van der Waals surface area contributed by atoms with Crippen molar-refractivity contribution in [2.45, 2.75) is 31.6 Å². The number of allylic oxidation sites excluding steroid dienone is 1. The third-order valence-electron chi connectivity index (χ3n) is 4.63. The molecule has 4 N–H and O–H groups in total. The Hall–Kier alpha value is -2.49. The Morgan fingerprint density at radius 1 is 1.00 bits per heavy atom. The zero-order valence-electron chi connectivity index (χ0n) is 14.7. The van der Waals surface area contributed by atoms with Crippen LogP contribution in [0.15, 0.2) is 23.2 Å². The second-order valence-corrected chi connectivity index (χ2v) is 7.14. The van der Waals surface area contributed by atoms with Crippen molar-refractivity contribution in [1.82, 2.24) is 9.97 Å². The second kappa shape index (κ2) is 7.40. The highest BCUT2D eigenvalue weighted by molar-refractivity contribution is 6.31. The van der Waals surface area contributed by atoms with E-state index in [2.05, 4.69) is 9.97 Å². The van der Waals surface area contributed by atoms with Crippen LogP contribution in [0.2, 0.25) is 0 Å². The summed E-state index contributed by atoms with van der Waals surface area (Å²) in [7, 11) is 0. The Balaban J connectivity index is 1.95. The van der Waals surface area contributed by atoms with Crippen molar-refractivity contribution in [2.75, 3.05) is 11.5 Å². The molecular weight excluding hydrogens is 422 g/mol. The van der Waals surface area contributed by atoms with E-state index in [0.717, 1.165) is 6.08 Å². The first-order valence-corrected chi connectivity index (χ1v) is 8.79. The quantitative estimate of drug-likeness (QED) is 0.645. The molecular formula is C18H15ClF6N4. The van der Waals surface area contributed by atoms with Crippen LogP contribution in [-0.2, 0) is 25.2 Å². The van der Waals surface area contributed by atoms with Gasteiger partial charge in [0.2, 0.25) is 5.95 Å². The average molecular weight is 437 g/mol. The lowest BCUT2D eigenvalue weighted by molar-refractivity contribution is -0.143. The molecule has 0 bridgehead atoms. The topological polar surface area (TPSA) is 77.8 Å². The molecule has 1 aliphatic rings.